The fraction of sp³-hybridized carbons (Fsp3) is 0.333. The molecule has 4 nitrogen and oxygen atoms in total. The van der Waals surface area contributed by atoms with E-state index in [2.05, 4.69) is 16.0 Å². The summed E-state index contributed by atoms with van der Waals surface area (Å²) in [5.74, 6) is 2.11. The van der Waals surface area contributed by atoms with E-state index in [0.717, 1.165) is 0 Å². The van der Waals surface area contributed by atoms with Crippen LogP contribution in [0.2, 0.25) is 0 Å². The summed E-state index contributed by atoms with van der Waals surface area (Å²) < 4.78 is 4.36. The summed E-state index contributed by atoms with van der Waals surface area (Å²) in [7, 11) is 0. The molecule has 0 aromatic heterocycles. The number of rotatable bonds is 2. The molecular weight excluding hydrogens is 132 g/mol. The predicted molar refractivity (Wildman–Crippen MR) is 33.8 cm³/mol. The van der Waals surface area contributed by atoms with E-state index in [-0.39, 0.29) is 13.2 Å². The summed E-state index contributed by atoms with van der Waals surface area (Å²) >= 11 is 0. The van der Waals surface area contributed by atoms with E-state index in [1.54, 1.807) is 6.07 Å². The van der Waals surface area contributed by atoms with Crippen molar-refractivity contribution >= 4 is 6.09 Å². The SMILES string of the molecule is C#CCOC(=O)NCC#N. The number of nitrogens with zero attached hydrogens (tertiary/aromatic N) is 1. The first-order valence-electron chi connectivity index (χ1n) is 2.52. The molecule has 0 atom stereocenters. The van der Waals surface area contributed by atoms with Gasteiger partial charge in [-0.25, -0.2) is 4.79 Å². The standard InChI is InChI=1S/C6H6N2O2/c1-2-5-10-6(9)8-4-3-7/h1H,4-5H2,(H,8,9). The molecule has 0 bridgehead atoms. The lowest BCUT2D eigenvalue weighted by Gasteiger charge is -1.97. The quantitative estimate of drug-likeness (QED) is 0.427. The Hall–Kier alpha value is -1.68. The van der Waals surface area contributed by atoms with Gasteiger partial charge in [0.15, 0.2) is 6.61 Å². The Morgan fingerprint density at radius 3 is 3.00 bits per heavy atom. The molecule has 0 saturated heterocycles. The number of carbonyl (C=O) groups is 1. The number of ether oxygens (including phenoxy) is 1. The topological polar surface area (TPSA) is 62.1 Å². The number of amides is 1. The average molecular weight is 138 g/mol. The van der Waals surface area contributed by atoms with Crippen LogP contribution in [0.4, 0.5) is 4.79 Å². The van der Waals surface area contributed by atoms with Crippen molar-refractivity contribution in [1.29, 1.82) is 5.26 Å². The average Bonchev–Trinajstić information content (AvgIpc) is 1.97. The van der Waals surface area contributed by atoms with Crippen molar-refractivity contribution in [1.82, 2.24) is 5.32 Å². The van der Waals surface area contributed by atoms with E-state index in [9.17, 15) is 4.79 Å². The third-order valence-corrected chi connectivity index (χ3v) is 0.598. The maximum Gasteiger partial charge on any atom is 0.408 e. The summed E-state index contributed by atoms with van der Waals surface area (Å²) in [5, 5.41) is 10.1. The van der Waals surface area contributed by atoms with Gasteiger partial charge in [0, 0.05) is 0 Å². The molecule has 0 aliphatic carbocycles. The molecule has 1 amide bonds. The van der Waals surface area contributed by atoms with Crippen molar-refractivity contribution < 1.29 is 9.53 Å². The van der Waals surface area contributed by atoms with E-state index in [1.165, 1.54) is 0 Å². The second kappa shape index (κ2) is 5.46. The van der Waals surface area contributed by atoms with Crippen LogP contribution >= 0.6 is 0 Å². The molecule has 0 unspecified atom stereocenters. The number of terminal acetylenes is 1. The zero-order valence-corrected chi connectivity index (χ0v) is 5.26. The van der Waals surface area contributed by atoms with Crippen molar-refractivity contribution in [2.24, 2.45) is 0 Å². The van der Waals surface area contributed by atoms with Gasteiger partial charge in [-0.1, -0.05) is 5.92 Å². The van der Waals surface area contributed by atoms with Gasteiger partial charge in [0.2, 0.25) is 0 Å². The summed E-state index contributed by atoms with van der Waals surface area (Å²) in [6.45, 7) is -0.138. The van der Waals surface area contributed by atoms with E-state index < -0.39 is 6.09 Å². The Labute approximate surface area is 58.8 Å². The first-order valence-corrected chi connectivity index (χ1v) is 2.52. The van der Waals surface area contributed by atoms with Crippen LogP contribution in [0, 0.1) is 23.7 Å². The molecule has 0 spiro atoms. The number of hydrogen-bond donors (Lipinski definition) is 1. The van der Waals surface area contributed by atoms with Gasteiger partial charge in [-0.3, -0.25) is 0 Å². The van der Waals surface area contributed by atoms with Crippen LogP contribution < -0.4 is 5.32 Å². The largest absolute Gasteiger partial charge is 0.436 e. The Morgan fingerprint density at radius 1 is 1.80 bits per heavy atom. The molecule has 0 aromatic carbocycles. The highest BCUT2D eigenvalue weighted by atomic mass is 16.5. The van der Waals surface area contributed by atoms with Crippen molar-refractivity contribution in [3.8, 4) is 18.4 Å². The number of carbonyl (C=O) groups excluding carboxylic acids is 1. The molecule has 0 rings (SSSR count). The van der Waals surface area contributed by atoms with Crippen LogP contribution in [0.25, 0.3) is 0 Å². The maximum absolute atomic E-state index is 10.4. The molecule has 4 heteroatoms. The molecule has 0 fully saturated rings. The maximum atomic E-state index is 10.4. The van der Waals surface area contributed by atoms with Crippen molar-refractivity contribution in [2.75, 3.05) is 13.2 Å². The second-order valence-electron chi connectivity index (χ2n) is 1.29. The van der Waals surface area contributed by atoms with E-state index in [1.807, 2.05) is 0 Å². The number of nitriles is 1. The van der Waals surface area contributed by atoms with E-state index in [4.69, 9.17) is 11.7 Å². The zero-order chi connectivity index (χ0) is 7.82. The lowest BCUT2D eigenvalue weighted by Crippen LogP contribution is -2.24. The molecule has 1 N–H and O–H groups in total. The van der Waals surface area contributed by atoms with E-state index >= 15 is 0 Å². The summed E-state index contributed by atoms with van der Waals surface area (Å²) in [5.41, 5.74) is 0. The van der Waals surface area contributed by atoms with Crippen LogP contribution in [-0.2, 0) is 4.74 Å². The number of nitrogens with one attached hydrogen (secondary N) is 1. The molecule has 0 aliphatic rings. The Balaban J connectivity index is 3.30. The van der Waals surface area contributed by atoms with Gasteiger partial charge in [-0.15, -0.1) is 6.42 Å². The van der Waals surface area contributed by atoms with Crippen LogP contribution in [-0.4, -0.2) is 19.2 Å². The Kier molecular flexibility index (Phi) is 4.54. The molecule has 0 radical (unpaired) electrons. The van der Waals surface area contributed by atoms with Gasteiger partial charge in [0.25, 0.3) is 0 Å². The second-order valence-corrected chi connectivity index (χ2v) is 1.29. The van der Waals surface area contributed by atoms with Gasteiger partial charge < -0.3 is 10.1 Å². The molecule has 0 saturated carbocycles. The lowest BCUT2D eigenvalue weighted by molar-refractivity contribution is 0.161. The van der Waals surface area contributed by atoms with Crippen LogP contribution in [0.15, 0.2) is 0 Å². The minimum Gasteiger partial charge on any atom is -0.436 e. The minimum absolute atomic E-state index is 0.0661. The highest BCUT2D eigenvalue weighted by Crippen LogP contribution is 1.73. The van der Waals surface area contributed by atoms with Crippen LogP contribution in [0.5, 0.6) is 0 Å². The number of alkyl carbamates (subject to hydrolysis) is 1. The summed E-state index contributed by atoms with van der Waals surface area (Å²) in [6.07, 6.45) is 4.12. The monoisotopic (exact) mass is 138 g/mol. The molecule has 0 heterocycles. The third kappa shape index (κ3) is 4.48. The molecule has 52 valence electrons. The fourth-order valence-electron chi connectivity index (χ4n) is 0.270. The van der Waals surface area contributed by atoms with Gasteiger partial charge in [-0.05, 0) is 0 Å². The smallest absolute Gasteiger partial charge is 0.408 e. The van der Waals surface area contributed by atoms with Gasteiger partial charge in [-0.2, -0.15) is 5.26 Å². The highest BCUT2D eigenvalue weighted by Gasteiger charge is 1.95. The molecular formula is C6H6N2O2. The Bertz CT molecular complexity index is 167. The van der Waals surface area contributed by atoms with Gasteiger partial charge in [0.05, 0.1) is 6.07 Å². The minimum atomic E-state index is -0.667. The summed E-state index contributed by atoms with van der Waals surface area (Å²) in [6, 6.07) is 1.71. The zero-order valence-electron chi connectivity index (χ0n) is 5.26. The predicted octanol–water partition coefficient (Wildman–Crippen LogP) is -0.131. The summed E-state index contributed by atoms with van der Waals surface area (Å²) in [4.78, 5) is 10.4. The normalized spacial score (nSPS) is 7.00. The van der Waals surface area contributed by atoms with Crippen molar-refractivity contribution in [3.63, 3.8) is 0 Å². The third-order valence-electron chi connectivity index (χ3n) is 0.598. The van der Waals surface area contributed by atoms with Crippen LogP contribution in [0.3, 0.4) is 0 Å². The Morgan fingerprint density at radius 2 is 2.50 bits per heavy atom. The van der Waals surface area contributed by atoms with Gasteiger partial charge in [0.1, 0.15) is 6.54 Å². The molecule has 0 aliphatic heterocycles. The number of hydrogen-bond acceptors (Lipinski definition) is 3. The molecule has 0 aromatic rings. The van der Waals surface area contributed by atoms with E-state index in [0.29, 0.717) is 0 Å². The molecule has 10 heavy (non-hydrogen) atoms. The first-order chi connectivity index (χ1) is 4.81. The van der Waals surface area contributed by atoms with Crippen molar-refractivity contribution in [3.05, 3.63) is 0 Å². The fourth-order valence-corrected chi connectivity index (χ4v) is 0.270. The highest BCUT2D eigenvalue weighted by molar-refractivity contribution is 5.67. The van der Waals surface area contributed by atoms with Crippen LogP contribution in [0.1, 0.15) is 0 Å². The van der Waals surface area contributed by atoms with Gasteiger partial charge >= 0.3 is 6.09 Å². The first kappa shape index (κ1) is 8.32. The lowest BCUT2D eigenvalue weighted by atomic mass is 10.7. The van der Waals surface area contributed by atoms with Crippen molar-refractivity contribution in [2.45, 2.75) is 0 Å².